The molecule has 1 aliphatic carbocycles. The number of hydrogen-bond donors (Lipinski definition) is 1. The summed E-state index contributed by atoms with van der Waals surface area (Å²) < 4.78 is 40.6. The fourth-order valence-electron chi connectivity index (χ4n) is 4.00. The molecule has 1 aromatic carbocycles. The van der Waals surface area contributed by atoms with Crippen molar-refractivity contribution in [2.75, 3.05) is 13.1 Å². The molecule has 7 heteroatoms. The summed E-state index contributed by atoms with van der Waals surface area (Å²) >= 11 is 0. The number of benzene rings is 1. The summed E-state index contributed by atoms with van der Waals surface area (Å²) in [4.78, 5) is 12.6. The zero-order valence-corrected chi connectivity index (χ0v) is 16.0. The summed E-state index contributed by atoms with van der Waals surface area (Å²) in [7, 11) is -3.69. The van der Waals surface area contributed by atoms with Gasteiger partial charge in [-0.1, -0.05) is 19.3 Å². The second-order valence-electron chi connectivity index (χ2n) is 7.46. The van der Waals surface area contributed by atoms with Crippen LogP contribution in [0.5, 0.6) is 0 Å². The van der Waals surface area contributed by atoms with Crippen molar-refractivity contribution in [1.82, 2.24) is 9.62 Å². The molecule has 1 atom stereocenters. The van der Waals surface area contributed by atoms with Crippen LogP contribution in [0.1, 0.15) is 50.5 Å². The highest BCUT2D eigenvalue weighted by Gasteiger charge is 2.33. The number of halogens is 1. The number of piperidine rings is 1. The minimum absolute atomic E-state index is 0.0620. The van der Waals surface area contributed by atoms with E-state index >= 15 is 0 Å². The maximum atomic E-state index is 13.3. The zero-order valence-electron chi connectivity index (χ0n) is 15.2. The quantitative estimate of drug-likeness (QED) is 0.871. The Labute approximate surface area is 155 Å². The van der Waals surface area contributed by atoms with Crippen LogP contribution in [0.3, 0.4) is 0 Å². The maximum absolute atomic E-state index is 13.3. The Morgan fingerprint density at radius 3 is 2.58 bits per heavy atom. The van der Waals surface area contributed by atoms with E-state index in [2.05, 4.69) is 5.32 Å². The van der Waals surface area contributed by atoms with Gasteiger partial charge in [0.15, 0.2) is 0 Å². The van der Waals surface area contributed by atoms with Crippen molar-refractivity contribution < 1.29 is 17.6 Å². The Morgan fingerprint density at radius 2 is 1.88 bits per heavy atom. The molecule has 5 nitrogen and oxygen atoms in total. The summed E-state index contributed by atoms with van der Waals surface area (Å²) in [6.07, 6.45) is 6.71. The topological polar surface area (TPSA) is 66.5 Å². The van der Waals surface area contributed by atoms with Crippen LogP contribution in [0.2, 0.25) is 0 Å². The number of sulfonamides is 1. The first-order chi connectivity index (χ1) is 12.4. The minimum atomic E-state index is -3.69. The van der Waals surface area contributed by atoms with Crippen molar-refractivity contribution in [3.05, 3.63) is 29.6 Å². The zero-order chi connectivity index (χ0) is 18.7. The second-order valence-corrected chi connectivity index (χ2v) is 9.36. The van der Waals surface area contributed by atoms with Crippen molar-refractivity contribution in [1.29, 1.82) is 0 Å². The SMILES string of the molecule is Cc1cc(F)ccc1S(=O)(=O)N1CCC[C@H](NC(=O)C2CCCCC2)C1. The Bertz CT molecular complexity index is 760. The molecule has 0 bridgehead atoms. The maximum Gasteiger partial charge on any atom is 0.243 e. The van der Waals surface area contributed by atoms with Crippen LogP contribution in [0.15, 0.2) is 23.1 Å². The van der Waals surface area contributed by atoms with Gasteiger partial charge in [-0.3, -0.25) is 4.79 Å². The average Bonchev–Trinajstić information content (AvgIpc) is 2.62. The van der Waals surface area contributed by atoms with Crippen LogP contribution < -0.4 is 5.32 Å². The van der Waals surface area contributed by atoms with E-state index in [0.29, 0.717) is 18.5 Å². The molecule has 0 radical (unpaired) electrons. The third kappa shape index (κ3) is 4.26. The highest BCUT2D eigenvalue weighted by atomic mass is 32.2. The largest absolute Gasteiger partial charge is 0.352 e. The Hall–Kier alpha value is -1.47. The van der Waals surface area contributed by atoms with Gasteiger partial charge in [-0.25, -0.2) is 12.8 Å². The Kier molecular flexibility index (Phi) is 5.97. The van der Waals surface area contributed by atoms with Crippen LogP contribution in [0, 0.1) is 18.7 Å². The van der Waals surface area contributed by atoms with E-state index in [-0.39, 0.29) is 29.3 Å². The highest BCUT2D eigenvalue weighted by molar-refractivity contribution is 7.89. The van der Waals surface area contributed by atoms with Gasteiger partial charge in [0.2, 0.25) is 15.9 Å². The van der Waals surface area contributed by atoms with Crippen molar-refractivity contribution in [2.45, 2.75) is 62.8 Å². The molecular weight excluding hydrogens is 355 g/mol. The van der Waals surface area contributed by atoms with Gasteiger partial charge in [0, 0.05) is 25.0 Å². The Balaban J connectivity index is 1.68. The summed E-state index contributed by atoms with van der Waals surface area (Å²) in [5.41, 5.74) is 0.401. The summed E-state index contributed by atoms with van der Waals surface area (Å²) in [5.74, 6) is -0.320. The van der Waals surface area contributed by atoms with E-state index in [4.69, 9.17) is 0 Å². The van der Waals surface area contributed by atoms with Crippen LogP contribution in [0.4, 0.5) is 4.39 Å². The van der Waals surface area contributed by atoms with Gasteiger partial charge < -0.3 is 5.32 Å². The number of carbonyl (C=O) groups is 1. The van der Waals surface area contributed by atoms with Gasteiger partial charge in [-0.2, -0.15) is 4.31 Å². The van der Waals surface area contributed by atoms with Crippen LogP contribution in [-0.4, -0.2) is 37.8 Å². The lowest BCUT2D eigenvalue weighted by Crippen LogP contribution is -2.50. The Morgan fingerprint density at radius 1 is 1.15 bits per heavy atom. The normalized spacial score (nSPS) is 22.9. The standard InChI is InChI=1S/C19H27FN2O3S/c1-14-12-16(20)9-10-18(14)26(24,25)22-11-5-8-17(13-22)21-19(23)15-6-3-2-4-7-15/h9-10,12,15,17H,2-8,11,13H2,1H3,(H,21,23)/t17-/m0/s1. The predicted octanol–water partition coefficient (Wildman–Crippen LogP) is 2.98. The van der Waals surface area contributed by atoms with Crippen molar-refractivity contribution in [2.24, 2.45) is 5.92 Å². The van der Waals surface area contributed by atoms with Crippen molar-refractivity contribution in [3.63, 3.8) is 0 Å². The van der Waals surface area contributed by atoms with E-state index in [1.54, 1.807) is 6.92 Å². The molecule has 144 valence electrons. The third-order valence-corrected chi connectivity index (χ3v) is 7.49. The minimum Gasteiger partial charge on any atom is -0.352 e. The molecule has 1 saturated carbocycles. The lowest BCUT2D eigenvalue weighted by atomic mass is 9.88. The van der Waals surface area contributed by atoms with Gasteiger partial charge in [0.1, 0.15) is 5.82 Å². The van der Waals surface area contributed by atoms with Gasteiger partial charge in [0.05, 0.1) is 4.90 Å². The molecule has 1 heterocycles. The van der Waals surface area contributed by atoms with Crippen LogP contribution in [-0.2, 0) is 14.8 Å². The number of nitrogens with zero attached hydrogens (tertiary/aromatic N) is 1. The molecule has 1 N–H and O–H groups in total. The monoisotopic (exact) mass is 382 g/mol. The highest BCUT2D eigenvalue weighted by Crippen LogP contribution is 2.26. The third-order valence-electron chi connectivity index (χ3n) is 5.46. The molecule has 1 aliphatic heterocycles. The van der Waals surface area contributed by atoms with Crippen LogP contribution in [0.25, 0.3) is 0 Å². The second kappa shape index (κ2) is 8.05. The molecule has 2 fully saturated rings. The number of hydrogen-bond acceptors (Lipinski definition) is 3. The molecular formula is C19H27FN2O3S. The van der Waals surface area contributed by atoms with Gasteiger partial charge in [-0.05, 0) is 56.4 Å². The van der Waals surface area contributed by atoms with Gasteiger partial charge in [-0.15, -0.1) is 0 Å². The van der Waals surface area contributed by atoms with E-state index in [0.717, 1.165) is 32.1 Å². The molecule has 0 aromatic heterocycles. The molecule has 2 aliphatic rings. The first-order valence-electron chi connectivity index (χ1n) is 9.44. The van der Waals surface area contributed by atoms with Crippen molar-refractivity contribution in [3.8, 4) is 0 Å². The van der Waals surface area contributed by atoms with E-state index < -0.39 is 15.8 Å². The number of aryl methyl sites for hydroxylation is 1. The van der Waals surface area contributed by atoms with Gasteiger partial charge in [0.25, 0.3) is 0 Å². The first kappa shape index (κ1) is 19.3. The number of rotatable bonds is 4. The first-order valence-corrected chi connectivity index (χ1v) is 10.9. The van der Waals surface area contributed by atoms with E-state index in [9.17, 15) is 17.6 Å². The summed E-state index contributed by atoms with van der Waals surface area (Å²) in [6.45, 7) is 2.30. The van der Waals surface area contributed by atoms with E-state index in [1.807, 2.05) is 0 Å². The molecule has 0 unspecified atom stereocenters. The number of amides is 1. The summed E-state index contributed by atoms with van der Waals surface area (Å²) in [5, 5.41) is 3.06. The smallest absolute Gasteiger partial charge is 0.243 e. The lowest BCUT2D eigenvalue weighted by Gasteiger charge is -2.33. The van der Waals surface area contributed by atoms with E-state index in [1.165, 1.54) is 28.9 Å². The fourth-order valence-corrected chi connectivity index (χ4v) is 5.73. The lowest BCUT2D eigenvalue weighted by molar-refractivity contribution is -0.126. The number of carbonyl (C=O) groups excluding carboxylic acids is 1. The average molecular weight is 383 g/mol. The predicted molar refractivity (Wildman–Crippen MR) is 97.6 cm³/mol. The molecule has 3 rings (SSSR count). The number of nitrogens with one attached hydrogen (secondary N) is 1. The van der Waals surface area contributed by atoms with Crippen LogP contribution >= 0.6 is 0 Å². The summed E-state index contributed by atoms with van der Waals surface area (Å²) in [6, 6.07) is 3.57. The van der Waals surface area contributed by atoms with Gasteiger partial charge >= 0.3 is 0 Å². The van der Waals surface area contributed by atoms with Crippen molar-refractivity contribution >= 4 is 15.9 Å². The molecule has 1 aromatic rings. The molecule has 1 saturated heterocycles. The molecule has 26 heavy (non-hydrogen) atoms. The fraction of sp³-hybridized carbons (Fsp3) is 0.632. The molecule has 1 amide bonds. The molecule has 0 spiro atoms.